The number of carbonyl (C=O) groups is 1. The first-order valence-corrected chi connectivity index (χ1v) is 8.12. The van der Waals surface area contributed by atoms with E-state index in [0.717, 1.165) is 21.3 Å². The van der Waals surface area contributed by atoms with Gasteiger partial charge < -0.3 is 19.5 Å². The third kappa shape index (κ3) is 4.00. The summed E-state index contributed by atoms with van der Waals surface area (Å²) in [5.74, 6) is 1.06. The standard InChI is InChI=1S/C18H20BrNO4/c1-11-7-14(18(21)24-4)16(9-15(11)19)20-10-12-5-6-13(22-2)8-17(12)23-3/h5-9,20H,10H2,1-4H3. The molecule has 24 heavy (non-hydrogen) atoms. The summed E-state index contributed by atoms with van der Waals surface area (Å²) in [6, 6.07) is 9.28. The van der Waals surface area contributed by atoms with Crippen LogP contribution in [0, 0.1) is 6.92 Å². The van der Waals surface area contributed by atoms with Crippen LogP contribution in [0.4, 0.5) is 5.69 Å². The number of hydrogen-bond acceptors (Lipinski definition) is 5. The summed E-state index contributed by atoms with van der Waals surface area (Å²) in [5, 5.41) is 3.27. The summed E-state index contributed by atoms with van der Waals surface area (Å²) < 4.78 is 16.4. The van der Waals surface area contributed by atoms with Gasteiger partial charge in [-0.3, -0.25) is 0 Å². The molecule has 0 fully saturated rings. The molecule has 0 saturated carbocycles. The van der Waals surface area contributed by atoms with Gasteiger partial charge >= 0.3 is 5.97 Å². The molecule has 0 atom stereocenters. The van der Waals surface area contributed by atoms with Crippen LogP contribution < -0.4 is 14.8 Å². The van der Waals surface area contributed by atoms with Crippen molar-refractivity contribution in [2.24, 2.45) is 0 Å². The summed E-state index contributed by atoms with van der Waals surface area (Å²) >= 11 is 3.49. The van der Waals surface area contributed by atoms with Gasteiger partial charge in [0, 0.05) is 22.6 Å². The largest absolute Gasteiger partial charge is 0.497 e. The molecule has 0 heterocycles. The molecule has 1 N–H and O–H groups in total. The summed E-state index contributed by atoms with van der Waals surface area (Å²) in [4.78, 5) is 12.0. The summed E-state index contributed by atoms with van der Waals surface area (Å²) in [5.41, 5.74) is 3.09. The Hall–Kier alpha value is -2.21. The monoisotopic (exact) mass is 393 g/mol. The highest BCUT2D eigenvalue weighted by atomic mass is 79.9. The van der Waals surface area contributed by atoms with Crippen LogP contribution >= 0.6 is 15.9 Å². The highest BCUT2D eigenvalue weighted by molar-refractivity contribution is 9.10. The van der Waals surface area contributed by atoms with Crippen molar-refractivity contribution >= 4 is 27.6 Å². The lowest BCUT2D eigenvalue weighted by Gasteiger charge is -2.15. The summed E-state index contributed by atoms with van der Waals surface area (Å²) in [7, 11) is 4.59. The molecule has 2 aromatic rings. The highest BCUT2D eigenvalue weighted by Crippen LogP contribution is 2.29. The van der Waals surface area contributed by atoms with E-state index in [0.29, 0.717) is 23.5 Å². The van der Waals surface area contributed by atoms with Crippen molar-refractivity contribution in [3.8, 4) is 11.5 Å². The van der Waals surface area contributed by atoms with E-state index in [4.69, 9.17) is 14.2 Å². The van der Waals surface area contributed by atoms with Crippen molar-refractivity contribution in [1.82, 2.24) is 0 Å². The topological polar surface area (TPSA) is 56.8 Å². The number of nitrogens with one attached hydrogen (secondary N) is 1. The van der Waals surface area contributed by atoms with Gasteiger partial charge in [0.15, 0.2) is 0 Å². The second kappa shape index (κ2) is 8.06. The van der Waals surface area contributed by atoms with E-state index in [9.17, 15) is 4.79 Å². The SMILES string of the molecule is COC(=O)c1cc(C)c(Br)cc1NCc1ccc(OC)cc1OC. The molecule has 6 heteroatoms. The summed E-state index contributed by atoms with van der Waals surface area (Å²) in [6.45, 7) is 2.42. The number of rotatable bonds is 6. The molecule has 0 saturated heterocycles. The average Bonchev–Trinajstić information content (AvgIpc) is 2.61. The van der Waals surface area contributed by atoms with Crippen molar-refractivity contribution in [3.63, 3.8) is 0 Å². The van der Waals surface area contributed by atoms with Crippen molar-refractivity contribution in [2.75, 3.05) is 26.6 Å². The molecule has 2 rings (SSSR count). The molecule has 0 spiro atoms. The fourth-order valence-corrected chi connectivity index (χ4v) is 2.64. The number of ether oxygens (including phenoxy) is 3. The molecule has 0 bridgehead atoms. The van der Waals surface area contributed by atoms with Crippen LogP contribution in [-0.4, -0.2) is 27.3 Å². The van der Waals surface area contributed by atoms with E-state index in [1.165, 1.54) is 7.11 Å². The average molecular weight is 394 g/mol. The molecule has 0 radical (unpaired) electrons. The first-order chi connectivity index (χ1) is 11.5. The zero-order chi connectivity index (χ0) is 17.7. The third-order valence-electron chi connectivity index (χ3n) is 3.67. The summed E-state index contributed by atoms with van der Waals surface area (Å²) in [6.07, 6.45) is 0. The first-order valence-electron chi connectivity index (χ1n) is 7.33. The lowest BCUT2D eigenvalue weighted by Crippen LogP contribution is -2.09. The maximum absolute atomic E-state index is 12.0. The number of hydrogen-bond donors (Lipinski definition) is 1. The molecule has 0 aliphatic carbocycles. The zero-order valence-corrected chi connectivity index (χ0v) is 15.7. The van der Waals surface area contributed by atoms with Gasteiger partial charge in [0.05, 0.1) is 32.6 Å². The van der Waals surface area contributed by atoms with Crippen LogP contribution in [0.5, 0.6) is 11.5 Å². The predicted molar refractivity (Wildman–Crippen MR) is 97.1 cm³/mol. The molecular formula is C18H20BrNO4. The molecule has 0 aliphatic heterocycles. The van der Waals surface area contributed by atoms with Gasteiger partial charge in [-0.25, -0.2) is 4.79 Å². The van der Waals surface area contributed by atoms with E-state index in [1.807, 2.05) is 31.2 Å². The zero-order valence-electron chi connectivity index (χ0n) is 14.1. The Bertz CT molecular complexity index is 746. The maximum atomic E-state index is 12.0. The molecule has 0 aliphatic rings. The van der Waals surface area contributed by atoms with Gasteiger partial charge in [-0.15, -0.1) is 0 Å². The molecule has 0 amide bonds. The second-order valence-corrected chi connectivity index (χ2v) is 6.02. The quantitative estimate of drug-likeness (QED) is 0.746. The fraction of sp³-hybridized carbons (Fsp3) is 0.278. The number of carbonyl (C=O) groups excluding carboxylic acids is 1. The van der Waals surface area contributed by atoms with Crippen LogP contribution in [0.15, 0.2) is 34.8 Å². The normalized spacial score (nSPS) is 10.2. The molecular weight excluding hydrogens is 374 g/mol. The van der Waals surface area contributed by atoms with Crippen LogP contribution in [-0.2, 0) is 11.3 Å². The minimum Gasteiger partial charge on any atom is -0.497 e. The Morgan fingerprint density at radius 1 is 1.12 bits per heavy atom. The predicted octanol–water partition coefficient (Wildman–Crippen LogP) is 4.17. The first kappa shape index (κ1) is 18.1. The minimum atomic E-state index is -0.380. The Morgan fingerprint density at radius 3 is 2.50 bits per heavy atom. The number of aryl methyl sites for hydroxylation is 1. The van der Waals surface area contributed by atoms with E-state index in [-0.39, 0.29) is 5.97 Å². The molecule has 2 aromatic carbocycles. The highest BCUT2D eigenvalue weighted by Gasteiger charge is 2.15. The van der Waals surface area contributed by atoms with E-state index >= 15 is 0 Å². The van der Waals surface area contributed by atoms with Gasteiger partial charge in [0.1, 0.15) is 11.5 Å². The molecule has 0 aromatic heterocycles. The fourth-order valence-electron chi connectivity index (χ4n) is 2.29. The number of anilines is 1. The van der Waals surface area contributed by atoms with Gasteiger partial charge in [0.25, 0.3) is 0 Å². The Balaban J connectivity index is 2.29. The molecule has 5 nitrogen and oxygen atoms in total. The van der Waals surface area contributed by atoms with Crippen molar-refractivity contribution in [1.29, 1.82) is 0 Å². The number of esters is 1. The third-order valence-corrected chi connectivity index (χ3v) is 4.52. The van der Waals surface area contributed by atoms with E-state index in [1.54, 1.807) is 20.3 Å². The van der Waals surface area contributed by atoms with Crippen molar-refractivity contribution < 1.29 is 19.0 Å². The minimum absolute atomic E-state index is 0.380. The van der Waals surface area contributed by atoms with Crippen LogP contribution in [0.2, 0.25) is 0 Å². The Labute approximate surface area is 150 Å². The molecule has 0 unspecified atom stereocenters. The van der Waals surface area contributed by atoms with Crippen LogP contribution in [0.3, 0.4) is 0 Å². The van der Waals surface area contributed by atoms with Gasteiger partial charge in [-0.2, -0.15) is 0 Å². The lowest BCUT2D eigenvalue weighted by molar-refractivity contribution is 0.0601. The Morgan fingerprint density at radius 2 is 1.88 bits per heavy atom. The molecule has 128 valence electrons. The van der Waals surface area contributed by atoms with Gasteiger partial charge in [-0.05, 0) is 36.8 Å². The number of halogens is 1. The maximum Gasteiger partial charge on any atom is 0.339 e. The second-order valence-electron chi connectivity index (χ2n) is 5.17. The van der Waals surface area contributed by atoms with E-state index in [2.05, 4.69) is 21.2 Å². The van der Waals surface area contributed by atoms with Crippen LogP contribution in [0.1, 0.15) is 21.5 Å². The van der Waals surface area contributed by atoms with Crippen molar-refractivity contribution in [2.45, 2.75) is 13.5 Å². The van der Waals surface area contributed by atoms with E-state index < -0.39 is 0 Å². The number of methoxy groups -OCH3 is 3. The lowest BCUT2D eigenvalue weighted by atomic mass is 10.1. The van der Waals surface area contributed by atoms with Gasteiger partial charge in [-0.1, -0.05) is 15.9 Å². The van der Waals surface area contributed by atoms with Crippen molar-refractivity contribution in [3.05, 3.63) is 51.5 Å². The number of benzene rings is 2. The van der Waals surface area contributed by atoms with Gasteiger partial charge in [0.2, 0.25) is 0 Å². The smallest absolute Gasteiger partial charge is 0.339 e. The van der Waals surface area contributed by atoms with Crippen LogP contribution in [0.25, 0.3) is 0 Å². The Kier molecular flexibility index (Phi) is 6.09.